The number of nitrogens with zero attached hydrogens (tertiary/aromatic N) is 1. The van der Waals surface area contributed by atoms with E-state index in [1.165, 1.54) is 71.1 Å². The fourth-order valence-corrected chi connectivity index (χ4v) is 2.13. The van der Waals surface area contributed by atoms with Crippen molar-refractivity contribution in [1.82, 2.24) is 10.2 Å². The Labute approximate surface area is 102 Å². The first-order valence-corrected chi connectivity index (χ1v) is 7.33. The Kier molecular flexibility index (Phi) is 7.87. The Morgan fingerprint density at radius 3 is 2.31 bits per heavy atom. The van der Waals surface area contributed by atoms with Crippen molar-refractivity contribution in [2.75, 3.05) is 26.2 Å². The molecule has 0 radical (unpaired) electrons. The molecule has 0 bridgehead atoms. The van der Waals surface area contributed by atoms with Crippen LogP contribution in [0.5, 0.6) is 0 Å². The first kappa shape index (κ1) is 14.0. The maximum atomic E-state index is 3.57. The summed E-state index contributed by atoms with van der Waals surface area (Å²) in [5.41, 5.74) is 0. The van der Waals surface area contributed by atoms with Gasteiger partial charge in [-0.2, -0.15) is 0 Å². The monoisotopic (exact) mass is 226 g/mol. The summed E-state index contributed by atoms with van der Waals surface area (Å²) in [6.45, 7) is 9.52. The van der Waals surface area contributed by atoms with E-state index in [0.717, 1.165) is 6.04 Å². The predicted molar refractivity (Wildman–Crippen MR) is 71.9 cm³/mol. The van der Waals surface area contributed by atoms with E-state index in [0.29, 0.717) is 0 Å². The van der Waals surface area contributed by atoms with Crippen molar-refractivity contribution >= 4 is 0 Å². The average Bonchev–Trinajstić information content (AvgIpc) is 3.11. The molecule has 0 heterocycles. The van der Waals surface area contributed by atoms with E-state index in [2.05, 4.69) is 24.1 Å². The Morgan fingerprint density at radius 1 is 0.938 bits per heavy atom. The van der Waals surface area contributed by atoms with Crippen molar-refractivity contribution in [1.29, 1.82) is 0 Å². The minimum absolute atomic E-state index is 0.934. The van der Waals surface area contributed by atoms with E-state index in [9.17, 15) is 0 Å². The van der Waals surface area contributed by atoms with Gasteiger partial charge in [0.15, 0.2) is 0 Å². The van der Waals surface area contributed by atoms with E-state index in [1.54, 1.807) is 0 Å². The summed E-state index contributed by atoms with van der Waals surface area (Å²) < 4.78 is 0. The lowest BCUT2D eigenvalue weighted by Crippen LogP contribution is -2.34. The highest BCUT2D eigenvalue weighted by Crippen LogP contribution is 2.26. The lowest BCUT2D eigenvalue weighted by atomic mass is 10.2. The topological polar surface area (TPSA) is 15.3 Å². The van der Waals surface area contributed by atoms with Gasteiger partial charge in [-0.15, -0.1) is 0 Å². The molecule has 1 aliphatic rings. The summed E-state index contributed by atoms with van der Waals surface area (Å²) in [5.74, 6) is 0. The van der Waals surface area contributed by atoms with Gasteiger partial charge >= 0.3 is 0 Å². The second-order valence-electron chi connectivity index (χ2n) is 5.08. The number of nitrogens with one attached hydrogen (secondary N) is 1. The number of rotatable bonds is 11. The lowest BCUT2D eigenvalue weighted by Gasteiger charge is -2.21. The van der Waals surface area contributed by atoms with Crippen LogP contribution in [0.4, 0.5) is 0 Å². The van der Waals surface area contributed by atoms with Crippen LogP contribution in [0.1, 0.15) is 58.8 Å². The highest BCUT2D eigenvalue weighted by Gasteiger charge is 2.27. The Hall–Kier alpha value is -0.0800. The summed E-state index contributed by atoms with van der Waals surface area (Å²) in [4.78, 5) is 2.69. The molecule has 0 aromatic rings. The SMILES string of the molecule is CCCCCNCCN(CCCC)C1CC1. The van der Waals surface area contributed by atoms with Gasteiger partial charge in [0.2, 0.25) is 0 Å². The van der Waals surface area contributed by atoms with Crippen molar-refractivity contribution in [3.8, 4) is 0 Å². The minimum Gasteiger partial charge on any atom is -0.315 e. The molecule has 0 aromatic heterocycles. The molecule has 2 nitrogen and oxygen atoms in total. The van der Waals surface area contributed by atoms with Crippen LogP contribution in [0.2, 0.25) is 0 Å². The van der Waals surface area contributed by atoms with Gasteiger partial charge in [-0.1, -0.05) is 33.1 Å². The molecule has 16 heavy (non-hydrogen) atoms. The van der Waals surface area contributed by atoms with Crippen molar-refractivity contribution in [3.05, 3.63) is 0 Å². The maximum absolute atomic E-state index is 3.57. The highest BCUT2D eigenvalue weighted by atomic mass is 15.2. The second kappa shape index (κ2) is 9.00. The summed E-state index contributed by atoms with van der Waals surface area (Å²) >= 11 is 0. The van der Waals surface area contributed by atoms with Crippen molar-refractivity contribution in [2.45, 2.75) is 64.8 Å². The first-order valence-electron chi connectivity index (χ1n) is 7.33. The Morgan fingerprint density at radius 2 is 1.69 bits per heavy atom. The molecule has 96 valence electrons. The predicted octanol–water partition coefficient (Wildman–Crippen LogP) is 3.03. The van der Waals surface area contributed by atoms with Gasteiger partial charge in [-0.25, -0.2) is 0 Å². The van der Waals surface area contributed by atoms with E-state index >= 15 is 0 Å². The van der Waals surface area contributed by atoms with Crippen LogP contribution >= 0.6 is 0 Å². The van der Waals surface area contributed by atoms with Gasteiger partial charge in [-0.3, -0.25) is 4.90 Å². The van der Waals surface area contributed by atoms with Gasteiger partial charge in [0, 0.05) is 19.1 Å². The van der Waals surface area contributed by atoms with Crippen molar-refractivity contribution in [3.63, 3.8) is 0 Å². The van der Waals surface area contributed by atoms with Crippen LogP contribution in [-0.2, 0) is 0 Å². The summed E-state index contributed by atoms with van der Waals surface area (Å²) in [6.07, 6.45) is 9.62. The van der Waals surface area contributed by atoms with Gasteiger partial charge in [0.05, 0.1) is 0 Å². The van der Waals surface area contributed by atoms with Crippen LogP contribution in [0.15, 0.2) is 0 Å². The minimum atomic E-state index is 0.934. The number of hydrogen-bond donors (Lipinski definition) is 1. The molecule has 2 heteroatoms. The highest BCUT2D eigenvalue weighted by molar-refractivity contribution is 4.84. The third kappa shape index (κ3) is 6.49. The largest absolute Gasteiger partial charge is 0.315 e. The molecule has 0 saturated heterocycles. The van der Waals surface area contributed by atoms with Gasteiger partial charge in [0.25, 0.3) is 0 Å². The lowest BCUT2D eigenvalue weighted by molar-refractivity contribution is 0.259. The molecule has 1 aliphatic carbocycles. The third-order valence-electron chi connectivity index (χ3n) is 3.40. The van der Waals surface area contributed by atoms with Gasteiger partial charge in [0.1, 0.15) is 0 Å². The normalized spacial score (nSPS) is 15.9. The molecule has 0 aliphatic heterocycles. The summed E-state index contributed by atoms with van der Waals surface area (Å²) in [7, 11) is 0. The van der Waals surface area contributed by atoms with Crippen molar-refractivity contribution < 1.29 is 0 Å². The Balaban J connectivity index is 1.95. The first-order chi connectivity index (χ1) is 7.88. The fraction of sp³-hybridized carbons (Fsp3) is 1.00. The molecule has 1 saturated carbocycles. The van der Waals surface area contributed by atoms with Crippen molar-refractivity contribution in [2.24, 2.45) is 0 Å². The van der Waals surface area contributed by atoms with Gasteiger partial charge < -0.3 is 5.32 Å². The molecule has 0 atom stereocenters. The standard InChI is InChI=1S/C14H30N2/c1-3-5-7-10-15-11-13-16(12-6-4-2)14-8-9-14/h14-15H,3-13H2,1-2H3. The van der Waals surface area contributed by atoms with Crippen LogP contribution < -0.4 is 5.32 Å². The quantitative estimate of drug-likeness (QED) is 0.545. The van der Waals surface area contributed by atoms with E-state index < -0.39 is 0 Å². The molecule has 0 spiro atoms. The zero-order valence-electron chi connectivity index (χ0n) is 11.3. The summed E-state index contributed by atoms with van der Waals surface area (Å²) in [6, 6.07) is 0.934. The van der Waals surface area contributed by atoms with Crippen LogP contribution in [0, 0.1) is 0 Å². The van der Waals surface area contributed by atoms with E-state index in [1.807, 2.05) is 0 Å². The molecular formula is C14H30N2. The van der Waals surface area contributed by atoms with Crippen LogP contribution in [0.25, 0.3) is 0 Å². The molecular weight excluding hydrogens is 196 g/mol. The zero-order chi connectivity index (χ0) is 11.6. The molecule has 0 aromatic carbocycles. The molecule has 1 N–H and O–H groups in total. The second-order valence-corrected chi connectivity index (χ2v) is 5.08. The molecule has 1 fully saturated rings. The smallest absolute Gasteiger partial charge is 0.0110 e. The van der Waals surface area contributed by atoms with Gasteiger partial charge in [-0.05, 0) is 38.8 Å². The zero-order valence-corrected chi connectivity index (χ0v) is 11.3. The van der Waals surface area contributed by atoms with Crippen LogP contribution in [-0.4, -0.2) is 37.1 Å². The maximum Gasteiger partial charge on any atom is 0.0110 e. The fourth-order valence-electron chi connectivity index (χ4n) is 2.13. The number of hydrogen-bond acceptors (Lipinski definition) is 2. The molecule has 1 rings (SSSR count). The van der Waals surface area contributed by atoms with E-state index in [4.69, 9.17) is 0 Å². The molecule has 0 unspecified atom stereocenters. The number of unbranched alkanes of at least 4 members (excludes halogenated alkanes) is 3. The van der Waals surface area contributed by atoms with E-state index in [-0.39, 0.29) is 0 Å². The van der Waals surface area contributed by atoms with Crippen LogP contribution in [0.3, 0.4) is 0 Å². The summed E-state index contributed by atoms with van der Waals surface area (Å²) in [5, 5.41) is 3.57. The third-order valence-corrected chi connectivity index (χ3v) is 3.40. The molecule has 0 amide bonds. The Bertz CT molecular complexity index is 155. The average molecular weight is 226 g/mol.